The van der Waals surface area contributed by atoms with Crippen LogP contribution in [-0.4, -0.2) is 30.1 Å². The fourth-order valence-electron chi connectivity index (χ4n) is 1.71. The molecule has 0 unspecified atom stereocenters. The Morgan fingerprint density at radius 3 is 2.53 bits per heavy atom. The molecule has 4 heteroatoms. The van der Waals surface area contributed by atoms with Gasteiger partial charge in [0.05, 0.1) is 0 Å². The molecule has 1 heterocycles. The summed E-state index contributed by atoms with van der Waals surface area (Å²) in [6.45, 7) is 5.50. The molecule has 1 aromatic rings. The highest BCUT2D eigenvalue weighted by molar-refractivity contribution is 5.28. The molecule has 4 nitrogen and oxygen atoms in total. The molecule has 0 N–H and O–H groups in total. The second-order valence-corrected chi connectivity index (χ2v) is 4.70. The Morgan fingerprint density at radius 2 is 2.06 bits per heavy atom. The first kappa shape index (κ1) is 13.5. The summed E-state index contributed by atoms with van der Waals surface area (Å²) in [7, 11) is 3.93. The molecular weight excluding hydrogens is 214 g/mol. The minimum Gasteiger partial charge on any atom is -0.310 e. The van der Waals surface area contributed by atoms with Gasteiger partial charge in [0, 0.05) is 18.8 Å². The number of likely N-dealkylation sites (N-methyl/N-ethyl adjacent to an activating group) is 1. The smallest absolute Gasteiger partial charge is 0.268 e. The van der Waals surface area contributed by atoms with Gasteiger partial charge in [-0.1, -0.05) is 13.8 Å². The van der Waals surface area contributed by atoms with E-state index >= 15 is 0 Å². The van der Waals surface area contributed by atoms with Crippen LogP contribution in [0.25, 0.3) is 0 Å². The zero-order valence-corrected chi connectivity index (χ0v) is 10.9. The van der Waals surface area contributed by atoms with Gasteiger partial charge < -0.3 is 9.47 Å². The van der Waals surface area contributed by atoms with Crippen LogP contribution in [0.4, 0.5) is 0 Å². The van der Waals surface area contributed by atoms with Gasteiger partial charge in [0.15, 0.2) is 0 Å². The monoisotopic (exact) mass is 233 g/mol. The van der Waals surface area contributed by atoms with Gasteiger partial charge in [0.1, 0.15) is 11.6 Å². The van der Waals surface area contributed by atoms with Crippen molar-refractivity contribution in [1.82, 2.24) is 9.47 Å². The van der Waals surface area contributed by atoms with E-state index in [2.05, 4.69) is 0 Å². The van der Waals surface area contributed by atoms with Gasteiger partial charge in [-0.2, -0.15) is 5.26 Å². The van der Waals surface area contributed by atoms with Crippen molar-refractivity contribution in [1.29, 1.82) is 5.26 Å². The first-order valence-electron chi connectivity index (χ1n) is 5.76. The third-order valence-electron chi connectivity index (χ3n) is 2.69. The van der Waals surface area contributed by atoms with E-state index in [1.807, 2.05) is 45.0 Å². The Bertz CT molecular complexity index is 480. The van der Waals surface area contributed by atoms with Gasteiger partial charge in [-0.15, -0.1) is 0 Å². The summed E-state index contributed by atoms with van der Waals surface area (Å²) in [5.41, 5.74) is 1.02. The van der Waals surface area contributed by atoms with Crippen molar-refractivity contribution in [3.63, 3.8) is 0 Å². The fourth-order valence-corrected chi connectivity index (χ4v) is 1.71. The standard InChI is InChI=1S/C13H19N3O/c1-10(2)12-6-5-11(9-14)13(17)16(12)8-7-15(3)4/h5-6,10H,7-8H2,1-4H3. The minimum atomic E-state index is -0.180. The second-order valence-electron chi connectivity index (χ2n) is 4.70. The lowest BCUT2D eigenvalue weighted by atomic mass is 10.1. The largest absolute Gasteiger partial charge is 0.310 e. The molecule has 0 amide bonds. The quantitative estimate of drug-likeness (QED) is 0.790. The first-order valence-corrected chi connectivity index (χ1v) is 5.76. The maximum atomic E-state index is 12.1. The van der Waals surface area contributed by atoms with E-state index in [0.29, 0.717) is 6.54 Å². The highest BCUT2D eigenvalue weighted by Crippen LogP contribution is 2.12. The lowest BCUT2D eigenvalue weighted by molar-refractivity contribution is 0.376. The molecule has 0 fully saturated rings. The highest BCUT2D eigenvalue weighted by Gasteiger charge is 2.11. The molecule has 0 saturated heterocycles. The molecule has 0 atom stereocenters. The van der Waals surface area contributed by atoms with Crippen molar-refractivity contribution >= 4 is 0 Å². The molecule has 0 aliphatic rings. The van der Waals surface area contributed by atoms with Crippen molar-refractivity contribution in [3.8, 4) is 6.07 Å². The molecular formula is C13H19N3O. The van der Waals surface area contributed by atoms with Gasteiger partial charge in [0.25, 0.3) is 5.56 Å². The second kappa shape index (κ2) is 5.65. The Morgan fingerprint density at radius 1 is 1.41 bits per heavy atom. The van der Waals surface area contributed by atoms with Gasteiger partial charge in [0.2, 0.25) is 0 Å². The Balaban J connectivity index is 3.22. The number of pyridine rings is 1. The lowest BCUT2D eigenvalue weighted by Crippen LogP contribution is -2.30. The SMILES string of the molecule is CC(C)c1ccc(C#N)c(=O)n1CCN(C)C. The molecule has 0 aliphatic carbocycles. The predicted octanol–water partition coefficient (Wildman–Crippen LogP) is 1.40. The van der Waals surface area contributed by atoms with Gasteiger partial charge in [-0.25, -0.2) is 0 Å². The lowest BCUT2D eigenvalue weighted by Gasteiger charge is -2.17. The van der Waals surface area contributed by atoms with Crippen LogP contribution in [0.3, 0.4) is 0 Å². The normalized spacial score (nSPS) is 10.9. The molecule has 0 bridgehead atoms. The first-order chi connectivity index (χ1) is 7.97. The third-order valence-corrected chi connectivity index (χ3v) is 2.69. The van der Waals surface area contributed by atoms with Crippen molar-refractivity contribution in [2.24, 2.45) is 0 Å². The fraction of sp³-hybridized carbons (Fsp3) is 0.538. The number of aromatic nitrogens is 1. The van der Waals surface area contributed by atoms with Crippen molar-refractivity contribution < 1.29 is 0 Å². The number of hydrogen-bond acceptors (Lipinski definition) is 3. The number of rotatable bonds is 4. The molecule has 0 saturated carbocycles. The Hall–Kier alpha value is -1.60. The van der Waals surface area contributed by atoms with Crippen molar-refractivity contribution in [2.75, 3.05) is 20.6 Å². The minimum absolute atomic E-state index is 0.180. The van der Waals surface area contributed by atoms with E-state index in [1.54, 1.807) is 10.6 Å². The molecule has 17 heavy (non-hydrogen) atoms. The third kappa shape index (κ3) is 3.18. The topological polar surface area (TPSA) is 49.0 Å². The van der Waals surface area contributed by atoms with Crippen molar-refractivity contribution in [2.45, 2.75) is 26.3 Å². The van der Waals surface area contributed by atoms with Gasteiger partial charge in [-0.3, -0.25) is 4.79 Å². The predicted molar refractivity (Wildman–Crippen MR) is 68.1 cm³/mol. The number of nitrogens with zero attached hydrogens (tertiary/aromatic N) is 3. The summed E-state index contributed by atoms with van der Waals surface area (Å²) < 4.78 is 1.71. The van der Waals surface area contributed by atoms with Crippen LogP contribution >= 0.6 is 0 Å². The van der Waals surface area contributed by atoms with Gasteiger partial charge >= 0.3 is 0 Å². The average molecular weight is 233 g/mol. The van der Waals surface area contributed by atoms with Crippen LogP contribution in [0.2, 0.25) is 0 Å². The zero-order valence-electron chi connectivity index (χ0n) is 10.9. The van der Waals surface area contributed by atoms with E-state index in [1.165, 1.54) is 0 Å². The summed E-state index contributed by atoms with van der Waals surface area (Å²) in [6.07, 6.45) is 0. The molecule has 0 aromatic carbocycles. The van der Waals surface area contributed by atoms with Crippen LogP contribution < -0.4 is 5.56 Å². The van der Waals surface area contributed by atoms with Crippen LogP contribution in [-0.2, 0) is 6.54 Å². The van der Waals surface area contributed by atoms with Crippen LogP contribution in [0, 0.1) is 11.3 Å². The molecule has 1 aromatic heterocycles. The van der Waals surface area contributed by atoms with E-state index in [9.17, 15) is 4.79 Å². The molecule has 92 valence electrons. The van der Waals surface area contributed by atoms with Crippen LogP contribution in [0.15, 0.2) is 16.9 Å². The maximum Gasteiger partial charge on any atom is 0.268 e. The van der Waals surface area contributed by atoms with E-state index < -0.39 is 0 Å². The molecule has 0 radical (unpaired) electrons. The molecule has 0 aliphatic heterocycles. The van der Waals surface area contributed by atoms with Gasteiger partial charge in [-0.05, 0) is 32.1 Å². The summed E-state index contributed by atoms with van der Waals surface area (Å²) in [6, 6.07) is 5.43. The summed E-state index contributed by atoms with van der Waals surface area (Å²) in [4.78, 5) is 14.1. The average Bonchev–Trinajstić information content (AvgIpc) is 2.26. The maximum absolute atomic E-state index is 12.1. The summed E-state index contributed by atoms with van der Waals surface area (Å²) >= 11 is 0. The van der Waals surface area contributed by atoms with Crippen LogP contribution in [0.5, 0.6) is 0 Å². The Kier molecular flexibility index (Phi) is 4.47. The van der Waals surface area contributed by atoms with E-state index in [-0.39, 0.29) is 17.0 Å². The Labute approximate surface area is 102 Å². The van der Waals surface area contributed by atoms with E-state index in [0.717, 1.165) is 12.2 Å². The highest BCUT2D eigenvalue weighted by atomic mass is 16.1. The summed E-state index contributed by atoms with van der Waals surface area (Å²) in [5.74, 6) is 0.276. The van der Waals surface area contributed by atoms with E-state index in [4.69, 9.17) is 5.26 Å². The van der Waals surface area contributed by atoms with Crippen LogP contribution in [0.1, 0.15) is 31.0 Å². The number of nitriles is 1. The zero-order chi connectivity index (χ0) is 13.0. The molecule has 0 spiro atoms. The summed E-state index contributed by atoms with van der Waals surface area (Å²) in [5, 5.41) is 8.88. The molecule has 1 rings (SSSR count). The van der Waals surface area contributed by atoms with Crippen molar-refractivity contribution in [3.05, 3.63) is 33.7 Å². The number of hydrogen-bond donors (Lipinski definition) is 0.